The Morgan fingerprint density at radius 1 is 1.21 bits per heavy atom. The molecule has 24 heavy (non-hydrogen) atoms. The van der Waals surface area contributed by atoms with E-state index in [1.165, 1.54) is 0 Å². The molecule has 0 radical (unpaired) electrons. The quantitative estimate of drug-likeness (QED) is 0.724. The third-order valence-corrected chi connectivity index (χ3v) is 4.56. The second-order valence-electron chi connectivity index (χ2n) is 5.20. The summed E-state index contributed by atoms with van der Waals surface area (Å²) in [4.78, 5) is 16.4. The van der Waals surface area contributed by atoms with E-state index >= 15 is 0 Å². The van der Waals surface area contributed by atoms with Crippen LogP contribution < -0.4 is 10.6 Å². The van der Waals surface area contributed by atoms with E-state index in [4.69, 9.17) is 0 Å². The summed E-state index contributed by atoms with van der Waals surface area (Å²) >= 11 is 1.62. The van der Waals surface area contributed by atoms with Crippen molar-refractivity contribution in [1.29, 1.82) is 0 Å². The largest absolute Gasteiger partial charge is 0.334 e. The number of carbonyl (C=O) groups is 1. The van der Waals surface area contributed by atoms with Gasteiger partial charge in [0.15, 0.2) is 0 Å². The van der Waals surface area contributed by atoms with Gasteiger partial charge in [-0.25, -0.2) is 14.5 Å². The Morgan fingerprint density at radius 2 is 2.04 bits per heavy atom. The SMILES string of the molecule is CCc1nc(CNC(=O)NCc2ccccc2-n2cccn2)cs1. The fourth-order valence-corrected chi connectivity index (χ4v) is 3.04. The average Bonchev–Trinajstić information content (AvgIpc) is 3.30. The van der Waals surface area contributed by atoms with Gasteiger partial charge in [0.2, 0.25) is 0 Å². The van der Waals surface area contributed by atoms with E-state index in [9.17, 15) is 4.79 Å². The summed E-state index contributed by atoms with van der Waals surface area (Å²) in [6.07, 6.45) is 4.53. The van der Waals surface area contributed by atoms with Gasteiger partial charge in [-0.3, -0.25) is 0 Å². The van der Waals surface area contributed by atoms with Crippen LogP contribution in [0.1, 0.15) is 23.2 Å². The Balaban J connectivity index is 1.55. The molecular weight excluding hydrogens is 322 g/mol. The molecule has 0 aliphatic rings. The van der Waals surface area contributed by atoms with E-state index in [0.29, 0.717) is 13.1 Å². The van der Waals surface area contributed by atoms with E-state index in [1.54, 1.807) is 22.2 Å². The summed E-state index contributed by atoms with van der Waals surface area (Å²) in [5.41, 5.74) is 2.84. The van der Waals surface area contributed by atoms with Gasteiger partial charge < -0.3 is 10.6 Å². The number of nitrogens with one attached hydrogen (secondary N) is 2. The molecular formula is C17H19N5OS. The maximum Gasteiger partial charge on any atom is 0.315 e. The molecule has 3 aromatic rings. The lowest BCUT2D eigenvalue weighted by Crippen LogP contribution is -2.34. The summed E-state index contributed by atoms with van der Waals surface area (Å²) in [5.74, 6) is 0. The number of thiazole rings is 1. The first-order chi connectivity index (χ1) is 11.8. The number of hydrogen-bond acceptors (Lipinski definition) is 4. The lowest BCUT2D eigenvalue weighted by Gasteiger charge is -2.11. The fraction of sp³-hybridized carbons (Fsp3) is 0.235. The van der Waals surface area contributed by atoms with Crippen molar-refractivity contribution < 1.29 is 4.79 Å². The van der Waals surface area contributed by atoms with Crippen molar-refractivity contribution in [2.75, 3.05) is 0 Å². The number of aryl methyl sites for hydroxylation is 1. The number of rotatable bonds is 6. The molecule has 0 saturated heterocycles. The highest BCUT2D eigenvalue weighted by atomic mass is 32.1. The van der Waals surface area contributed by atoms with Crippen molar-refractivity contribution in [2.24, 2.45) is 0 Å². The van der Waals surface area contributed by atoms with Gasteiger partial charge in [-0.2, -0.15) is 5.10 Å². The van der Waals surface area contributed by atoms with Gasteiger partial charge in [0.1, 0.15) is 0 Å². The summed E-state index contributed by atoms with van der Waals surface area (Å²) in [6.45, 7) is 2.93. The first-order valence-electron chi connectivity index (χ1n) is 7.79. The Labute approximate surface area is 144 Å². The number of nitrogens with zero attached hydrogens (tertiary/aromatic N) is 3. The molecule has 6 nitrogen and oxygen atoms in total. The first kappa shape index (κ1) is 16.2. The van der Waals surface area contributed by atoms with Crippen molar-refractivity contribution in [3.8, 4) is 5.69 Å². The smallest absolute Gasteiger partial charge is 0.315 e. The zero-order chi connectivity index (χ0) is 16.8. The highest BCUT2D eigenvalue weighted by molar-refractivity contribution is 7.09. The molecule has 0 aliphatic carbocycles. The van der Waals surface area contributed by atoms with Crippen LogP contribution in [0.4, 0.5) is 4.79 Å². The average molecular weight is 341 g/mol. The van der Waals surface area contributed by atoms with Gasteiger partial charge in [0.25, 0.3) is 0 Å². The molecule has 0 bridgehead atoms. The second kappa shape index (κ2) is 7.74. The molecule has 2 amide bonds. The van der Waals surface area contributed by atoms with E-state index < -0.39 is 0 Å². The molecule has 3 rings (SSSR count). The Hall–Kier alpha value is -2.67. The normalized spacial score (nSPS) is 10.5. The highest BCUT2D eigenvalue weighted by Gasteiger charge is 2.07. The Kier molecular flexibility index (Phi) is 5.22. The van der Waals surface area contributed by atoms with Gasteiger partial charge in [-0.05, 0) is 24.1 Å². The van der Waals surface area contributed by atoms with Crippen molar-refractivity contribution in [3.63, 3.8) is 0 Å². The Bertz CT molecular complexity index is 797. The molecule has 2 aromatic heterocycles. The van der Waals surface area contributed by atoms with Crippen LogP contribution in [0.25, 0.3) is 5.69 Å². The van der Waals surface area contributed by atoms with Crippen molar-refractivity contribution in [1.82, 2.24) is 25.4 Å². The van der Waals surface area contributed by atoms with Crippen LogP contribution in [0.5, 0.6) is 0 Å². The molecule has 0 spiro atoms. The molecule has 0 atom stereocenters. The number of aromatic nitrogens is 3. The van der Waals surface area contributed by atoms with Gasteiger partial charge in [-0.1, -0.05) is 25.1 Å². The molecule has 7 heteroatoms. The molecule has 0 saturated carbocycles. The van der Waals surface area contributed by atoms with Gasteiger partial charge in [0.05, 0.1) is 22.9 Å². The van der Waals surface area contributed by atoms with Crippen LogP contribution >= 0.6 is 11.3 Å². The third kappa shape index (κ3) is 3.99. The fourth-order valence-electron chi connectivity index (χ4n) is 2.30. The van der Waals surface area contributed by atoms with Crippen molar-refractivity contribution in [2.45, 2.75) is 26.4 Å². The predicted molar refractivity (Wildman–Crippen MR) is 94.1 cm³/mol. The van der Waals surface area contributed by atoms with Crippen molar-refractivity contribution in [3.05, 3.63) is 64.4 Å². The lowest BCUT2D eigenvalue weighted by molar-refractivity contribution is 0.240. The van der Waals surface area contributed by atoms with Crippen LogP contribution in [-0.4, -0.2) is 20.8 Å². The minimum absolute atomic E-state index is 0.212. The number of para-hydroxylation sites is 1. The minimum atomic E-state index is -0.212. The van der Waals surface area contributed by atoms with E-state index in [2.05, 4.69) is 27.6 Å². The highest BCUT2D eigenvalue weighted by Crippen LogP contribution is 2.13. The van der Waals surface area contributed by atoms with Crippen LogP contribution in [-0.2, 0) is 19.5 Å². The molecule has 2 N–H and O–H groups in total. The first-order valence-corrected chi connectivity index (χ1v) is 8.67. The summed E-state index contributed by atoms with van der Waals surface area (Å²) < 4.78 is 1.79. The molecule has 0 aliphatic heterocycles. The molecule has 124 valence electrons. The third-order valence-electron chi connectivity index (χ3n) is 3.51. The molecule has 0 unspecified atom stereocenters. The van der Waals surface area contributed by atoms with Gasteiger partial charge >= 0.3 is 6.03 Å². The molecule has 0 fully saturated rings. The monoisotopic (exact) mass is 341 g/mol. The van der Waals surface area contributed by atoms with Gasteiger partial charge in [-0.15, -0.1) is 11.3 Å². The van der Waals surface area contributed by atoms with E-state index in [1.807, 2.05) is 41.9 Å². The minimum Gasteiger partial charge on any atom is -0.334 e. The maximum atomic E-state index is 12.0. The van der Waals surface area contributed by atoms with Crippen LogP contribution in [0.15, 0.2) is 48.1 Å². The van der Waals surface area contributed by atoms with E-state index in [-0.39, 0.29) is 6.03 Å². The van der Waals surface area contributed by atoms with E-state index in [0.717, 1.165) is 28.4 Å². The summed E-state index contributed by atoms with van der Waals surface area (Å²) in [6, 6.07) is 9.51. The lowest BCUT2D eigenvalue weighted by atomic mass is 10.2. The summed E-state index contributed by atoms with van der Waals surface area (Å²) in [7, 11) is 0. The summed E-state index contributed by atoms with van der Waals surface area (Å²) in [5, 5.41) is 13.0. The molecule has 1 aromatic carbocycles. The second-order valence-corrected chi connectivity index (χ2v) is 6.14. The Morgan fingerprint density at radius 3 is 2.79 bits per heavy atom. The van der Waals surface area contributed by atoms with Crippen molar-refractivity contribution >= 4 is 17.4 Å². The number of carbonyl (C=O) groups excluding carboxylic acids is 1. The number of benzene rings is 1. The maximum absolute atomic E-state index is 12.0. The van der Waals surface area contributed by atoms with Gasteiger partial charge in [0, 0.05) is 24.3 Å². The number of urea groups is 1. The number of amides is 2. The standard InChI is InChI=1S/C17H19N5OS/c1-2-16-21-14(12-24-16)11-19-17(23)18-10-13-6-3-4-7-15(13)22-9-5-8-20-22/h3-9,12H,2,10-11H2,1H3,(H2,18,19,23). The number of hydrogen-bond donors (Lipinski definition) is 2. The van der Waals surface area contributed by atoms with Crippen LogP contribution in [0.2, 0.25) is 0 Å². The topological polar surface area (TPSA) is 71.8 Å². The zero-order valence-corrected chi connectivity index (χ0v) is 14.2. The zero-order valence-electron chi connectivity index (χ0n) is 13.4. The predicted octanol–water partition coefficient (Wildman–Crippen LogP) is 2.89. The van der Waals surface area contributed by atoms with Crippen LogP contribution in [0.3, 0.4) is 0 Å². The molecule has 2 heterocycles. The van der Waals surface area contributed by atoms with Crippen LogP contribution in [0, 0.1) is 0 Å².